The van der Waals surface area contributed by atoms with Crippen LogP contribution in [0, 0.1) is 26.7 Å². The number of aryl methyl sites for hydroxylation is 3. The fourth-order valence-electron chi connectivity index (χ4n) is 3.02. The molecule has 0 atom stereocenters. The van der Waals surface area contributed by atoms with Crippen LogP contribution in [0.15, 0.2) is 24.3 Å². The van der Waals surface area contributed by atoms with Crippen molar-refractivity contribution < 1.29 is 0 Å². The summed E-state index contributed by atoms with van der Waals surface area (Å²) in [7, 11) is 0. The Kier molecular flexibility index (Phi) is 4.51. The molecule has 122 valence electrons. The van der Waals surface area contributed by atoms with Crippen molar-refractivity contribution >= 4 is 17.3 Å². The molecule has 2 heterocycles. The Balaban J connectivity index is 1.84. The zero-order chi connectivity index (χ0) is 16.4. The largest absolute Gasteiger partial charge is 0.356 e. The molecule has 3 rings (SSSR count). The summed E-state index contributed by atoms with van der Waals surface area (Å²) in [5.74, 6) is 3.55. The lowest BCUT2D eigenvalue weighted by atomic mass is 9.99. The number of aromatic nitrogens is 2. The first-order chi connectivity index (χ1) is 11.0. The van der Waals surface area contributed by atoms with Gasteiger partial charge in [-0.3, -0.25) is 0 Å². The summed E-state index contributed by atoms with van der Waals surface area (Å²) in [6.45, 7) is 10.7. The minimum absolute atomic E-state index is 0.814. The van der Waals surface area contributed by atoms with Gasteiger partial charge in [0.1, 0.15) is 17.5 Å². The summed E-state index contributed by atoms with van der Waals surface area (Å²) < 4.78 is 0. The molecular weight excluding hydrogens is 284 g/mol. The van der Waals surface area contributed by atoms with Crippen LogP contribution >= 0.6 is 0 Å². The summed E-state index contributed by atoms with van der Waals surface area (Å²) in [6.07, 6.45) is 2.48. The third-order valence-electron chi connectivity index (χ3n) is 4.59. The molecule has 4 nitrogen and oxygen atoms in total. The molecule has 0 amide bonds. The lowest BCUT2D eigenvalue weighted by Gasteiger charge is -2.31. The molecule has 0 spiro atoms. The van der Waals surface area contributed by atoms with Crippen LogP contribution < -0.4 is 10.2 Å². The Morgan fingerprint density at radius 1 is 1.04 bits per heavy atom. The molecule has 1 aromatic heterocycles. The average Bonchev–Trinajstić information content (AvgIpc) is 2.51. The van der Waals surface area contributed by atoms with Crippen molar-refractivity contribution in [1.82, 2.24) is 9.97 Å². The number of rotatable bonds is 3. The van der Waals surface area contributed by atoms with E-state index in [0.717, 1.165) is 42.2 Å². The van der Waals surface area contributed by atoms with Crippen LogP contribution in [0.4, 0.5) is 17.3 Å². The summed E-state index contributed by atoms with van der Waals surface area (Å²) in [5.41, 5.74) is 3.58. The predicted octanol–water partition coefficient (Wildman–Crippen LogP) is 4.38. The second-order valence-electron chi connectivity index (χ2n) is 6.77. The van der Waals surface area contributed by atoms with Crippen molar-refractivity contribution in [1.29, 1.82) is 0 Å². The molecule has 23 heavy (non-hydrogen) atoms. The lowest BCUT2D eigenvalue weighted by molar-refractivity contribution is 0.436. The minimum Gasteiger partial charge on any atom is -0.356 e. The molecule has 1 aliphatic heterocycles. The maximum absolute atomic E-state index is 4.64. The van der Waals surface area contributed by atoms with E-state index >= 15 is 0 Å². The molecule has 1 aromatic carbocycles. The standard InChI is InChI=1S/C19H26N4/c1-13-7-9-23(10-8-13)19-12-18(20-16(4)21-19)22-17-11-14(2)5-6-15(17)3/h5-6,11-13H,7-10H2,1-4H3,(H,20,21,22). The number of piperidine rings is 1. The Bertz CT molecular complexity index is 688. The molecule has 0 radical (unpaired) electrons. The number of hydrogen-bond acceptors (Lipinski definition) is 4. The summed E-state index contributed by atoms with van der Waals surface area (Å²) in [5, 5.41) is 3.46. The van der Waals surface area contributed by atoms with Gasteiger partial charge in [0.25, 0.3) is 0 Å². The van der Waals surface area contributed by atoms with E-state index in [2.05, 4.69) is 65.2 Å². The summed E-state index contributed by atoms with van der Waals surface area (Å²) >= 11 is 0. The van der Waals surface area contributed by atoms with Gasteiger partial charge in [0.05, 0.1) is 0 Å². The molecule has 0 aliphatic carbocycles. The molecule has 1 saturated heterocycles. The molecule has 4 heteroatoms. The third-order valence-corrected chi connectivity index (χ3v) is 4.59. The van der Waals surface area contributed by atoms with Crippen molar-refractivity contribution in [3.8, 4) is 0 Å². The molecule has 0 unspecified atom stereocenters. The SMILES string of the molecule is Cc1ccc(C)c(Nc2cc(N3CCC(C)CC3)nc(C)n2)c1. The summed E-state index contributed by atoms with van der Waals surface area (Å²) in [4.78, 5) is 11.6. The molecule has 1 aliphatic rings. The molecular formula is C19H26N4. The van der Waals surface area contributed by atoms with Crippen LogP contribution in [-0.4, -0.2) is 23.1 Å². The first kappa shape index (κ1) is 15.8. The van der Waals surface area contributed by atoms with E-state index in [9.17, 15) is 0 Å². The van der Waals surface area contributed by atoms with E-state index in [1.807, 2.05) is 6.92 Å². The third kappa shape index (κ3) is 3.81. The molecule has 0 saturated carbocycles. The van der Waals surface area contributed by atoms with E-state index in [4.69, 9.17) is 0 Å². The quantitative estimate of drug-likeness (QED) is 0.913. The number of benzene rings is 1. The Hall–Kier alpha value is -2.10. The molecule has 1 N–H and O–H groups in total. The highest BCUT2D eigenvalue weighted by molar-refractivity contribution is 5.63. The zero-order valence-electron chi connectivity index (χ0n) is 14.6. The Morgan fingerprint density at radius 3 is 2.52 bits per heavy atom. The van der Waals surface area contributed by atoms with Crippen LogP contribution in [0.1, 0.15) is 36.7 Å². The van der Waals surface area contributed by atoms with Gasteiger partial charge in [0.15, 0.2) is 0 Å². The monoisotopic (exact) mass is 310 g/mol. The second kappa shape index (κ2) is 6.57. The van der Waals surface area contributed by atoms with Crippen molar-refractivity contribution in [3.63, 3.8) is 0 Å². The lowest BCUT2D eigenvalue weighted by Crippen LogP contribution is -2.33. The van der Waals surface area contributed by atoms with Crippen LogP contribution in [0.3, 0.4) is 0 Å². The van der Waals surface area contributed by atoms with Crippen LogP contribution in [0.5, 0.6) is 0 Å². The van der Waals surface area contributed by atoms with Crippen molar-refractivity contribution in [2.45, 2.75) is 40.5 Å². The molecule has 0 bridgehead atoms. The Morgan fingerprint density at radius 2 is 1.78 bits per heavy atom. The molecule has 1 fully saturated rings. The first-order valence-electron chi connectivity index (χ1n) is 8.46. The number of hydrogen-bond donors (Lipinski definition) is 1. The number of nitrogens with one attached hydrogen (secondary N) is 1. The van der Waals surface area contributed by atoms with Crippen molar-refractivity contribution in [2.75, 3.05) is 23.3 Å². The smallest absolute Gasteiger partial charge is 0.136 e. The fraction of sp³-hybridized carbons (Fsp3) is 0.474. The van der Waals surface area contributed by atoms with Crippen LogP contribution in [-0.2, 0) is 0 Å². The second-order valence-corrected chi connectivity index (χ2v) is 6.77. The maximum atomic E-state index is 4.64. The number of nitrogens with zero attached hydrogens (tertiary/aromatic N) is 3. The van der Waals surface area contributed by atoms with Crippen LogP contribution in [0.25, 0.3) is 0 Å². The van der Waals surface area contributed by atoms with Gasteiger partial charge in [-0.15, -0.1) is 0 Å². The van der Waals surface area contributed by atoms with Gasteiger partial charge in [-0.25, -0.2) is 9.97 Å². The van der Waals surface area contributed by atoms with Gasteiger partial charge in [-0.2, -0.15) is 0 Å². The highest BCUT2D eigenvalue weighted by Gasteiger charge is 2.18. The van der Waals surface area contributed by atoms with E-state index in [1.54, 1.807) is 0 Å². The highest BCUT2D eigenvalue weighted by atomic mass is 15.2. The van der Waals surface area contributed by atoms with Gasteiger partial charge in [-0.05, 0) is 56.7 Å². The highest BCUT2D eigenvalue weighted by Crippen LogP contribution is 2.26. The van der Waals surface area contributed by atoms with Gasteiger partial charge in [0.2, 0.25) is 0 Å². The van der Waals surface area contributed by atoms with E-state index in [-0.39, 0.29) is 0 Å². The summed E-state index contributed by atoms with van der Waals surface area (Å²) in [6, 6.07) is 8.50. The van der Waals surface area contributed by atoms with Gasteiger partial charge in [0, 0.05) is 24.8 Å². The van der Waals surface area contributed by atoms with Gasteiger partial charge < -0.3 is 10.2 Å². The first-order valence-corrected chi connectivity index (χ1v) is 8.46. The normalized spacial score (nSPS) is 15.7. The fourth-order valence-corrected chi connectivity index (χ4v) is 3.02. The predicted molar refractivity (Wildman–Crippen MR) is 96.6 cm³/mol. The average molecular weight is 310 g/mol. The van der Waals surface area contributed by atoms with Crippen molar-refractivity contribution in [3.05, 3.63) is 41.2 Å². The molecule has 2 aromatic rings. The minimum atomic E-state index is 0.814. The number of anilines is 3. The van der Waals surface area contributed by atoms with Crippen LogP contribution in [0.2, 0.25) is 0 Å². The zero-order valence-corrected chi connectivity index (χ0v) is 14.6. The van der Waals surface area contributed by atoms with E-state index < -0.39 is 0 Å². The topological polar surface area (TPSA) is 41.0 Å². The van der Waals surface area contributed by atoms with E-state index in [1.165, 1.54) is 24.0 Å². The maximum Gasteiger partial charge on any atom is 0.136 e. The van der Waals surface area contributed by atoms with Gasteiger partial charge in [-0.1, -0.05) is 19.1 Å². The van der Waals surface area contributed by atoms with E-state index in [0.29, 0.717) is 0 Å². The Labute approximate surface area is 139 Å². The van der Waals surface area contributed by atoms with Crippen molar-refractivity contribution in [2.24, 2.45) is 5.92 Å². The van der Waals surface area contributed by atoms with Gasteiger partial charge >= 0.3 is 0 Å².